The van der Waals surface area contributed by atoms with Crippen molar-refractivity contribution in [3.63, 3.8) is 0 Å². The van der Waals surface area contributed by atoms with E-state index in [0.717, 1.165) is 10.4 Å². The summed E-state index contributed by atoms with van der Waals surface area (Å²) in [5, 5.41) is 14.6. The maximum absolute atomic E-state index is 14.1. The van der Waals surface area contributed by atoms with Crippen molar-refractivity contribution in [1.29, 1.82) is 0 Å². The summed E-state index contributed by atoms with van der Waals surface area (Å²) in [7, 11) is -1.88. The van der Waals surface area contributed by atoms with Gasteiger partial charge in [-0.25, -0.2) is 8.42 Å². The van der Waals surface area contributed by atoms with E-state index in [-0.39, 0.29) is 28.6 Å². The number of sulfonamides is 1. The van der Waals surface area contributed by atoms with Crippen LogP contribution in [0.4, 0.5) is 11.4 Å². The SMILES string of the molecule is CNC(=O)C(C)N(Cc1cccc(Cl)c1)C(=O)CN(c1cc(Cl)ccc1OC)S(=O)(=O)c1ccc(C)c([N+](=O)[O-])c1. The van der Waals surface area contributed by atoms with Crippen LogP contribution < -0.4 is 14.4 Å². The normalized spacial score (nSPS) is 11.9. The Morgan fingerprint density at radius 3 is 2.37 bits per heavy atom. The third kappa shape index (κ3) is 7.26. The highest BCUT2D eigenvalue weighted by molar-refractivity contribution is 7.92. The molecule has 14 heteroatoms. The molecule has 218 valence electrons. The molecule has 0 aromatic heterocycles. The van der Waals surface area contributed by atoms with Crippen molar-refractivity contribution < 1.29 is 27.7 Å². The Morgan fingerprint density at radius 2 is 1.76 bits per heavy atom. The number of carbonyl (C=O) groups excluding carboxylic acids is 2. The number of hydrogen-bond donors (Lipinski definition) is 1. The van der Waals surface area contributed by atoms with Crippen molar-refractivity contribution in [3.05, 3.63) is 92.0 Å². The Hall–Kier alpha value is -3.87. The molecule has 0 fully saturated rings. The molecule has 11 nitrogen and oxygen atoms in total. The van der Waals surface area contributed by atoms with Crippen LogP contribution in [0.2, 0.25) is 10.0 Å². The summed E-state index contributed by atoms with van der Waals surface area (Å²) < 4.78 is 34.2. The lowest BCUT2D eigenvalue weighted by Crippen LogP contribution is -2.50. The highest BCUT2D eigenvalue weighted by atomic mass is 35.5. The van der Waals surface area contributed by atoms with E-state index in [4.69, 9.17) is 27.9 Å². The summed E-state index contributed by atoms with van der Waals surface area (Å²) >= 11 is 12.3. The van der Waals surface area contributed by atoms with Crippen molar-refractivity contribution in [1.82, 2.24) is 10.2 Å². The van der Waals surface area contributed by atoms with E-state index in [1.165, 1.54) is 63.2 Å². The van der Waals surface area contributed by atoms with Crippen molar-refractivity contribution in [2.75, 3.05) is 25.0 Å². The largest absolute Gasteiger partial charge is 0.495 e. The Kier molecular flexibility index (Phi) is 10.2. The molecule has 1 atom stereocenters. The number of aryl methyl sites for hydroxylation is 1. The van der Waals surface area contributed by atoms with Gasteiger partial charge in [0.05, 0.1) is 22.6 Å². The van der Waals surface area contributed by atoms with Gasteiger partial charge in [0.25, 0.3) is 15.7 Å². The van der Waals surface area contributed by atoms with Crippen molar-refractivity contribution in [3.8, 4) is 5.75 Å². The lowest BCUT2D eigenvalue weighted by molar-refractivity contribution is -0.385. The number of methoxy groups -OCH3 is 1. The van der Waals surface area contributed by atoms with E-state index >= 15 is 0 Å². The van der Waals surface area contributed by atoms with Gasteiger partial charge in [0.2, 0.25) is 11.8 Å². The third-order valence-corrected chi connectivity index (χ3v) is 8.54. The van der Waals surface area contributed by atoms with E-state index in [9.17, 15) is 28.1 Å². The van der Waals surface area contributed by atoms with Crippen molar-refractivity contribution >= 4 is 56.4 Å². The van der Waals surface area contributed by atoms with E-state index in [0.29, 0.717) is 10.6 Å². The fourth-order valence-electron chi connectivity index (χ4n) is 4.07. The zero-order valence-corrected chi connectivity index (χ0v) is 25.0. The maximum Gasteiger partial charge on any atom is 0.273 e. The summed E-state index contributed by atoms with van der Waals surface area (Å²) in [5.74, 6) is -1.15. The van der Waals surface area contributed by atoms with E-state index in [2.05, 4.69) is 5.32 Å². The minimum Gasteiger partial charge on any atom is -0.495 e. The Labute approximate surface area is 247 Å². The van der Waals surface area contributed by atoms with Crippen LogP contribution in [0.5, 0.6) is 5.75 Å². The number of carbonyl (C=O) groups is 2. The summed E-state index contributed by atoms with van der Waals surface area (Å²) in [5.41, 5.74) is 0.368. The van der Waals surface area contributed by atoms with Gasteiger partial charge in [0, 0.05) is 35.3 Å². The summed E-state index contributed by atoms with van der Waals surface area (Å²) in [6, 6.07) is 13.3. The van der Waals surface area contributed by atoms with Crippen LogP contribution in [0.3, 0.4) is 0 Å². The van der Waals surface area contributed by atoms with Gasteiger partial charge in [0.1, 0.15) is 18.3 Å². The molecule has 0 heterocycles. The molecule has 1 unspecified atom stereocenters. The zero-order chi connectivity index (χ0) is 30.5. The second-order valence-corrected chi connectivity index (χ2v) is 11.7. The number of ether oxygens (including phenoxy) is 1. The minimum atomic E-state index is -4.61. The molecule has 3 aromatic carbocycles. The highest BCUT2D eigenvalue weighted by Crippen LogP contribution is 2.36. The average Bonchev–Trinajstić information content (AvgIpc) is 2.93. The molecule has 1 N–H and O–H groups in total. The van der Waals surface area contributed by atoms with Gasteiger partial charge in [-0.3, -0.25) is 24.0 Å². The molecule has 0 aliphatic carbocycles. The molecule has 0 saturated heterocycles. The number of benzene rings is 3. The molecule has 0 aliphatic rings. The predicted octanol–water partition coefficient (Wildman–Crippen LogP) is 4.58. The van der Waals surface area contributed by atoms with Gasteiger partial charge in [-0.05, 0) is 55.8 Å². The number of anilines is 1. The Bertz CT molecular complexity index is 1580. The van der Waals surface area contributed by atoms with Crippen LogP contribution >= 0.6 is 23.2 Å². The fraction of sp³-hybridized carbons (Fsp3) is 0.259. The second-order valence-electron chi connectivity index (χ2n) is 8.98. The number of nitrogens with zero attached hydrogens (tertiary/aromatic N) is 3. The first-order valence-electron chi connectivity index (χ1n) is 12.2. The highest BCUT2D eigenvalue weighted by Gasteiger charge is 2.34. The average molecular weight is 624 g/mol. The predicted molar refractivity (Wildman–Crippen MR) is 156 cm³/mol. The molecule has 0 radical (unpaired) electrons. The lowest BCUT2D eigenvalue weighted by Gasteiger charge is -2.32. The number of nitro groups is 1. The third-order valence-electron chi connectivity index (χ3n) is 6.31. The molecule has 41 heavy (non-hydrogen) atoms. The first kappa shape index (κ1) is 31.7. The zero-order valence-electron chi connectivity index (χ0n) is 22.6. The fourth-order valence-corrected chi connectivity index (χ4v) is 5.88. The smallest absolute Gasteiger partial charge is 0.273 e. The maximum atomic E-state index is 14.1. The van der Waals surface area contributed by atoms with Crippen LogP contribution in [0.1, 0.15) is 18.1 Å². The van der Waals surface area contributed by atoms with E-state index < -0.39 is 49.9 Å². The van der Waals surface area contributed by atoms with Gasteiger partial charge >= 0.3 is 0 Å². The van der Waals surface area contributed by atoms with Crippen LogP contribution in [0.25, 0.3) is 0 Å². The van der Waals surface area contributed by atoms with Crippen LogP contribution in [-0.2, 0) is 26.2 Å². The van der Waals surface area contributed by atoms with Crippen molar-refractivity contribution in [2.45, 2.75) is 31.3 Å². The number of amides is 2. The standard InChI is InChI=1S/C27H28Cl2N4O7S/c1-17-8-10-22(14-23(17)33(36)37)41(38,39)32(24-13-21(29)9-11-25(24)40-4)16-26(34)31(18(2)27(35)30-3)15-19-6-5-7-20(28)12-19/h5-14,18H,15-16H2,1-4H3,(H,30,35). The number of nitrogens with one attached hydrogen (secondary N) is 1. The van der Waals surface area contributed by atoms with Crippen LogP contribution in [-0.4, -0.2) is 56.8 Å². The molecule has 0 saturated carbocycles. The van der Waals surface area contributed by atoms with Crippen molar-refractivity contribution in [2.24, 2.45) is 0 Å². The first-order valence-corrected chi connectivity index (χ1v) is 14.4. The van der Waals surface area contributed by atoms with Gasteiger partial charge in [-0.15, -0.1) is 0 Å². The Balaban J connectivity index is 2.17. The molecule has 0 bridgehead atoms. The summed E-state index contributed by atoms with van der Waals surface area (Å²) in [6.07, 6.45) is 0. The number of rotatable bonds is 11. The van der Waals surface area contributed by atoms with Gasteiger partial charge in [0.15, 0.2) is 0 Å². The first-order chi connectivity index (χ1) is 19.3. The lowest BCUT2D eigenvalue weighted by atomic mass is 10.1. The molecule has 0 spiro atoms. The molecule has 3 aromatic rings. The molecule has 0 aliphatic heterocycles. The number of halogens is 2. The second kappa shape index (κ2) is 13.2. The van der Waals surface area contributed by atoms with Crippen LogP contribution in [0.15, 0.2) is 65.6 Å². The molecular formula is C27H28Cl2N4O7S. The Morgan fingerprint density at radius 1 is 1.07 bits per heavy atom. The van der Waals surface area contributed by atoms with Crippen LogP contribution in [0, 0.1) is 17.0 Å². The number of nitro benzene ring substituents is 1. The monoisotopic (exact) mass is 622 g/mol. The number of likely N-dealkylation sites (N-methyl/N-ethyl adjacent to an activating group) is 1. The molecular weight excluding hydrogens is 595 g/mol. The number of hydrogen-bond acceptors (Lipinski definition) is 7. The molecule has 3 rings (SSSR count). The summed E-state index contributed by atoms with van der Waals surface area (Å²) in [4.78, 5) is 38.2. The molecule has 2 amide bonds. The quantitative estimate of drug-likeness (QED) is 0.244. The van der Waals surface area contributed by atoms with E-state index in [1.54, 1.807) is 24.3 Å². The van der Waals surface area contributed by atoms with Gasteiger partial charge in [-0.1, -0.05) is 41.4 Å². The topological polar surface area (TPSA) is 139 Å². The minimum absolute atomic E-state index is 0.0649. The van der Waals surface area contributed by atoms with Gasteiger partial charge in [-0.2, -0.15) is 0 Å². The summed E-state index contributed by atoms with van der Waals surface area (Å²) in [6.45, 7) is 2.13. The van der Waals surface area contributed by atoms with Gasteiger partial charge < -0.3 is 15.0 Å². The van der Waals surface area contributed by atoms with E-state index in [1.807, 2.05) is 0 Å².